The molecule has 17 heavy (non-hydrogen) atoms. The van der Waals surface area contributed by atoms with Crippen LogP contribution in [-0.2, 0) is 0 Å². The monoisotopic (exact) mass is 227 g/mol. The summed E-state index contributed by atoms with van der Waals surface area (Å²) < 4.78 is 0. The molecule has 0 nitrogen and oxygen atoms in total. The Morgan fingerprint density at radius 2 is 1.24 bits per heavy atom. The highest BCUT2D eigenvalue weighted by molar-refractivity contribution is 5.18. The van der Waals surface area contributed by atoms with Crippen LogP contribution in [-0.4, -0.2) is 0 Å². The molecule has 0 aromatic rings. The van der Waals surface area contributed by atoms with Gasteiger partial charge >= 0.3 is 0 Å². The first-order valence-corrected chi connectivity index (χ1v) is 6.28. The Morgan fingerprint density at radius 3 is 1.76 bits per heavy atom. The fourth-order valence-electron chi connectivity index (χ4n) is 1.20. The molecule has 0 saturated heterocycles. The lowest BCUT2D eigenvalue weighted by atomic mass is 10.2. The van der Waals surface area contributed by atoms with E-state index in [1.165, 1.54) is 31.8 Å². The molecule has 0 aromatic heterocycles. The summed E-state index contributed by atoms with van der Waals surface area (Å²) in [6, 6.07) is 0. The van der Waals surface area contributed by atoms with Crippen LogP contribution in [0.15, 0.2) is 66.8 Å². The van der Waals surface area contributed by atoms with E-state index in [0.29, 0.717) is 0 Å². The van der Waals surface area contributed by atoms with Gasteiger partial charge in [-0.3, -0.25) is 0 Å². The van der Waals surface area contributed by atoms with Gasteiger partial charge in [-0.1, -0.05) is 93.2 Å². The summed E-state index contributed by atoms with van der Waals surface area (Å²) in [5.41, 5.74) is 0. The first-order valence-electron chi connectivity index (χ1n) is 6.28. The SMILES string of the molecule is [CH]=CC=CC=CC=CC=CC=CCCCCC. The molecule has 1 radical (unpaired) electrons. The maximum atomic E-state index is 5.19. The van der Waals surface area contributed by atoms with Gasteiger partial charge in [-0.2, -0.15) is 0 Å². The van der Waals surface area contributed by atoms with E-state index in [2.05, 4.69) is 25.2 Å². The molecule has 0 heterocycles. The van der Waals surface area contributed by atoms with E-state index >= 15 is 0 Å². The number of hydrogen-bond donors (Lipinski definition) is 0. The maximum Gasteiger partial charge on any atom is -0.0348 e. The molecule has 0 aliphatic carbocycles. The Kier molecular flexibility index (Phi) is 13.1. The minimum atomic E-state index is 1.18. The van der Waals surface area contributed by atoms with Crippen molar-refractivity contribution in [1.82, 2.24) is 0 Å². The van der Waals surface area contributed by atoms with Crippen LogP contribution in [0.25, 0.3) is 0 Å². The third kappa shape index (κ3) is 14.4. The van der Waals surface area contributed by atoms with E-state index in [4.69, 9.17) is 6.58 Å². The van der Waals surface area contributed by atoms with Gasteiger partial charge in [-0.25, -0.2) is 0 Å². The van der Waals surface area contributed by atoms with Crippen molar-refractivity contribution in [3.63, 3.8) is 0 Å². The van der Waals surface area contributed by atoms with E-state index in [9.17, 15) is 0 Å². The summed E-state index contributed by atoms with van der Waals surface area (Å²) in [6.45, 7) is 7.41. The van der Waals surface area contributed by atoms with Crippen LogP contribution in [0, 0.1) is 6.58 Å². The molecule has 0 atom stereocenters. The van der Waals surface area contributed by atoms with E-state index in [0.717, 1.165) is 0 Å². The second-order valence-corrected chi connectivity index (χ2v) is 3.66. The lowest BCUT2D eigenvalue weighted by Crippen LogP contribution is -1.69. The minimum Gasteiger partial charge on any atom is -0.0845 e. The standard InChI is InChI=1S/C17H23/c1-3-5-7-9-11-13-15-17-16-14-12-10-8-6-4-2/h1,3,5,7,9,11-17H,4,6,8,10H2,2H3. The number of rotatable bonds is 9. The predicted molar refractivity (Wildman–Crippen MR) is 78.7 cm³/mol. The summed E-state index contributed by atoms with van der Waals surface area (Å²) in [5, 5.41) is 0. The second kappa shape index (κ2) is 14.4. The molecule has 0 fully saturated rings. The number of unbranched alkanes of at least 4 members (excludes halogenated alkanes) is 3. The van der Waals surface area contributed by atoms with E-state index < -0.39 is 0 Å². The molecule has 91 valence electrons. The van der Waals surface area contributed by atoms with Gasteiger partial charge in [-0.05, 0) is 12.8 Å². The van der Waals surface area contributed by atoms with Crippen LogP contribution < -0.4 is 0 Å². The molecule has 0 bridgehead atoms. The van der Waals surface area contributed by atoms with Crippen molar-refractivity contribution in [2.24, 2.45) is 0 Å². The molecule has 0 amide bonds. The average molecular weight is 227 g/mol. The fraction of sp³-hybridized carbons (Fsp3) is 0.294. The van der Waals surface area contributed by atoms with Crippen LogP contribution in [0.5, 0.6) is 0 Å². The van der Waals surface area contributed by atoms with E-state index in [1.54, 1.807) is 6.08 Å². The molecule has 0 unspecified atom stereocenters. The van der Waals surface area contributed by atoms with Crippen molar-refractivity contribution in [3.05, 3.63) is 73.4 Å². The van der Waals surface area contributed by atoms with Crippen LogP contribution in [0.2, 0.25) is 0 Å². The number of allylic oxidation sites excluding steroid dienone is 11. The first kappa shape index (κ1) is 15.4. The van der Waals surface area contributed by atoms with Crippen molar-refractivity contribution >= 4 is 0 Å². The zero-order chi connectivity index (χ0) is 12.6. The average Bonchev–Trinajstić information content (AvgIpc) is 2.35. The van der Waals surface area contributed by atoms with Gasteiger partial charge in [0.1, 0.15) is 0 Å². The van der Waals surface area contributed by atoms with Crippen molar-refractivity contribution in [2.45, 2.75) is 32.6 Å². The molecule has 0 saturated carbocycles. The Hall–Kier alpha value is -1.56. The Labute approximate surface area is 106 Å². The Balaban J connectivity index is 3.58. The van der Waals surface area contributed by atoms with Crippen molar-refractivity contribution < 1.29 is 0 Å². The fourth-order valence-corrected chi connectivity index (χ4v) is 1.20. The summed E-state index contributed by atoms with van der Waals surface area (Å²) in [5.74, 6) is 0. The summed E-state index contributed by atoms with van der Waals surface area (Å²) in [4.78, 5) is 0. The zero-order valence-corrected chi connectivity index (χ0v) is 10.8. The van der Waals surface area contributed by atoms with Crippen molar-refractivity contribution in [2.75, 3.05) is 0 Å². The quantitative estimate of drug-likeness (QED) is 0.368. The van der Waals surface area contributed by atoms with E-state index in [1.807, 2.05) is 36.5 Å². The zero-order valence-electron chi connectivity index (χ0n) is 10.8. The molecular formula is C17H23. The molecular weight excluding hydrogens is 204 g/mol. The summed E-state index contributed by atoms with van der Waals surface area (Å²) in [6.07, 6.45) is 26.6. The lowest BCUT2D eigenvalue weighted by Gasteiger charge is -1.89. The first-order chi connectivity index (χ1) is 8.41. The second-order valence-electron chi connectivity index (χ2n) is 3.66. The minimum absolute atomic E-state index is 1.18. The van der Waals surface area contributed by atoms with Gasteiger partial charge < -0.3 is 0 Å². The van der Waals surface area contributed by atoms with Crippen molar-refractivity contribution in [1.29, 1.82) is 0 Å². The molecule has 0 heteroatoms. The Bertz CT molecular complexity index is 298. The van der Waals surface area contributed by atoms with Crippen LogP contribution in [0.4, 0.5) is 0 Å². The van der Waals surface area contributed by atoms with Crippen LogP contribution in [0.3, 0.4) is 0 Å². The van der Waals surface area contributed by atoms with Crippen molar-refractivity contribution in [3.8, 4) is 0 Å². The molecule has 0 aliphatic heterocycles. The van der Waals surface area contributed by atoms with E-state index in [-0.39, 0.29) is 0 Å². The molecule has 0 spiro atoms. The molecule has 0 aliphatic rings. The lowest BCUT2D eigenvalue weighted by molar-refractivity contribution is 0.729. The van der Waals surface area contributed by atoms with Gasteiger partial charge in [0, 0.05) is 0 Å². The van der Waals surface area contributed by atoms with Gasteiger partial charge in [0.15, 0.2) is 0 Å². The van der Waals surface area contributed by atoms with Gasteiger partial charge in [0.05, 0.1) is 0 Å². The summed E-state index contributed by atoms with van der Waals surface area (Å²) >= 11 is 0. The normalized spacial score (nSPS) is 13.0. The Morgan fingerprint density at radius 1 is 0.706 bits per heavy atom. The smallest absolute Gasteiger partial charge is 0.0348 e. The number of hydrogen-bond acceptors (Lipinski definition) is 0. The maximum absolute atomic E-state index is 5.19. The molecule has 0 aromatic carbocycles. The third-order valence-corrected chi connectivity index (χ3v) is 2.11. The van der Waals surface area contributed by atoms with Crippen LogP contribution >= 0.6 is 0 Å². The highest BCUT2D eigenvalue weighted by Crippen LogP contribution is 1.99. The molecule has 0 rings (SSSR count). The largest absolute Gasteiger partial charge is 0.0845 e. The predicted octanol–water partition coefficient (Wildman–Crippen LogP) is 5.34. The third-order valence-electron chi connectivity index (χ3n) is 2.11. The van der Waals surface area contributed by atoms with Gasteiger partial charge in [0.25, 0.3) is 0 Å². The topological polar surface area (TPSA) is 0 Å². The van der Waals surface area contributed by atoms with Gasteiger partial charge in [0.2, 0.25) is 0 Å². The molecule has 0 N–H and O–H groups in total. The van der Waals surface area contributed by atoms with Crippen LogP contribution in [0.1, 0.15) is 32.6 Å². The highest BCUT2D eigenvalue weighted by Gasteiger charge is 1.79. The van der Waals surface area contributed by atoms with Gasteiger partial charge in [-0.15, -0.1) is 0 Å². The summed E-state index contributed by atoms with van der Waals surface area (Å²) in [7, 11) is 0. The highest BCUT2D eigenvalue weighted by atomic mass is 13.9.